The van der Waals surface area contributed by atoms with Gasteiger partial charge in [0.05, 0.1) is 4.70 Å². The van der Waals surface area contributed by atoms with E-state index in [1.807, 2.05) is 30.3 Å². The van der Waals surface area contributed by atoms with E-state index in [4.69, 9.17) is 0 Å². The third-order valence-corrected chi connectivity index (χ3v) is 5.63. The first kappa shape index (κ1) is 16.0. The molecule has 1 aliphatic heterocycles. The molecule has 0 radical (unpaired) electrons. The number of nitrogens with zero attached hydrogens (tertiary/aromatic N) is 3. The van der Waals surface area contributed by atoms with Gasteiger partial charge in [-0.2, -0.15) is 0 Å². The number of hydrogen-bond donors (Lipinski definition) is 0. The lowest BCUT2D eigenvalue weighted by Crippen LogP contribution is -2.46. The number of para-hydroxylation sites is 1. The fourth-order valence-electron chi connectivity index (χ4n) is 3.10. The fraction of sp³-hybridized carbons (Fsp3) is 0.263. The van der Waals surface area contributed by atoms with Crippen molar-refractivity contribution in [1.29, 1.82) is 0 Å². The topological polar surface area (TPSA) is 36.4 Å². The van der Waals surface area contributed by atoms with Gasteiger partial charge in [0.15, 0.2) is 10.9 Å². The molecule has 1 fully saturated rings. The quantitative estimate of drug-likeness (QED) is 0.666. The molecule has 0 unspecified atom stereocenters. The van der Waals surface area contributed by atoms with Crippen LogP contribution in [-0.2, 0) is 0 Å². The first-order chi connectivity index (χ1) is 12.1. The Balaban J connectivity index is 1.47. The summed E-state index contributed by atoms with van der Waals surface area (Å²) in [6, 6.07) is 12.8. The molecule has 2 aromatic carbocycles. The van der Waals surface area contributed by atoms with Crippen LogP contribution in [0, 0.1) is 5.82 Å². The summed E-state index contributed by atoms with van der Waals surface area (Å²) in [6.45, 7) is 5.01. The van der Waals surface area contributed by atoms with Gasteiger partial charge in [-0.05, 0) is 43.3 Å². The molecular formula is C19H18FN3OS. The molecule has 0 bridgehead atoms. The van der Waals surface area contributed by atoms with Gasteiger partial charge in [-0.15, -0.1) is 0 Å². The lowest BCUT2D eigenvalue weighted by atomic mass is 10.1. The number of ketones is 1. The highest BCUT2D eigenvalue weighted by Gasteiger charge is 2.20. The average Bonchev–Trinajstić information content (AvgIpc) is 3.08. The van der Waals surface area contributed by atoms with E-state index in [0.29, 0.717) is 5.52 Å². The number of rotatable bonds is 3. The minimum absolute atomic E-state index is 0.0828. The molecule has 0 N–H and O–H groups in total. The van der Waals surface area contributed by atoms with E-state index in [1.54, 1.807) is 13.0 Å². The van der Waals surface area contributed by atoms with Gasteiger partial charge in [-0.1, -0.05) is 17.4 Å². The molecule has 0 saturated carbocycles. The molecule has 1 saturated heterocycles. The monoisotopic (exact) mass is 355 g/mol. The number of piperazine rings is 1. The lowest BCUT2D eigenvalue weighted by molar-refractivity contribution is 0.101. The Bertz CT molecular complexity index is 914. The number of benzene rings is 2. The first-order valence-corrected chi connectivity index (χ1v) is 9.09. The average molecular weight is 355 g/mol. The van der Waals surface area contributed by atoms with Crippen LogP contribution in [0.4, 0.5) is 15.2 Å². The summed E-state index contributed by atoms with van der Waals surface area (Å²) in [7, 11) is 0. The number of thiazole rings is 1. The predicted octanol–water partition coefficient (Wildman–Crippen LogP) is 3.96. The maximum Gasteiger partial charge on any atom is 0.186 e. The summed E-state index contributed by atoms with van der Waals surface area (Å²) in [5, 5.41) is 0.881. The Morgan fingerprint density at radius 3 is 2.36 bits per heavy atom. The zero-order valence-corrected chi connectivity index (χ0v) is 14.7. The summed E-state index contributed by atoms with van der Waals surface area (Å²) in [4.78, 5) is 20.4. The van der Waals surface area contributed by atoms with Gasteiger partial charge in [0.2, 0.25) is 0 Å². The van der Waals surface area contributed by atoms with Crippen LogP contribution in [0.5, 0.6) is 0 Å². The van der Waals surface area contributed by atoms with E-state index >= 15 is 0 Å². The minimum Gasteiger partial charge on any atom is -0.368 e. The largest absolute Gasteiger partial charge is 0.368 e. The van der Waals surface area contributed by atoms with Gasteiger partial charge in [0.1, 0.15) is 11.3 Å². The number of halogens is 1. The molecule has 1 aromatic heterocycles. The van der Waals surface area contributed by atoms with Crippen LogP contribution in [0.3, 0.4) is 0 Å². The number of carbonyl (C=O) groups excluding carboxylic acids is 1. The van der Waals surface area contributed by atoms with Gasteiger partial charge < -0.3 is 9.80 Å². The van der Waals surface area contributed by atoms with E-state index in [0.717, 1.165) is 47.3 Å². The summed E-state index contributed by atoms with van der Waals surface area (Å²) in [5.74, 6) is -0.177. The third kappa shape index (κ3) is 3.09. The van der Waals surface area contributed by atoms with Crippen LogP contribution in [0.2, 0.25) is 0 Å². The van der Waals surface area contributed by atoms with Gasteiger partial charge in [-0.25, -0.2) is 9.37 Å². The second-order valence-electron chi connectivity index (χ2n) is 6.16. The second-order valence-corrected chi connectivity index (χ2v) is 7.17. The molecule has 0 amide bonds. The maximum absolute atomic E-state index is 13.8. The molecule has 6 heteroatoms. The van der Waals surface area contributed by atoms with Crippen molar-refractivity contribution in [3.63, 3.8) is 0 Å². The normalized spacial score (nSPS) is 15.0. The summed E-state index contributed by atoms with van der Waals surface area (Å²) < 4.78 is 14.7. The molecular weight excluding hydrogens is 337 g/mol. The zero-order valence-electron chi connectivity index (χ0n) is 13.9. The summed E-state index contributed by atoms with van der Waals surface area (Å²) >= 11 is 1.54. The second kappa shape index (κ2) is 6.44. The Morgan fingerprint density at radius 2 is 1.72 bits per heavy atom. The molecule has 4 nitrogen and oxygen atoms in total. The van der Waals surface area contributed by atoms with Crippen LogP contribution in [0.25, 0.3) is 10.2 Å². The summed E-state index contributed by atoms with van der Waals surface area (Å²) in [5.41, 5.74) is 2.32. The summed E-state index contributed by atoms with van der Waals surface area (Å²) in [6.07, 6.45) is 0. The van der Waals surface area contributed by atoms with Crippen molar-refractivity contribution in [1.82, 2.24) is 4.98 Å². The van der Waals surface area contributed by atoms with E-state index in [-0.39, 0.29) is 11.6 Å². The Hall–Kier alpha value is -2.47. The molecule has 25 heavy (non-hydrogen) atoms. The van der Waals surface area contributed by atoms with Crippen molar-refractivity contribution < 1.29 is 9.18 Å². The van der Waals surface area contributed by atoms with Crippen molar-refractivity contribution in [2.24, 2.45) is 0 Å². The van der Waals surface area contributed by atoms with Crippen LogP contribution in [0.1, 0.15) is 17.3 Å². The number of hydrogen-bond acceptors (Lipinski definition) is 5. The number of anilines is 2. The zero-order chi connectivity index (χ0) is 17.4. The van der Waals surface area contributed by atoms with Crippen molar-refractivity contribution in [3.05, 3.63) is 53.8 Å². The lowest BCUT2D eigenvalue weighted by Gasteiger charge is -2.36. The van der Waals surface area contributed by atoms with E-state index in [2.05, 4.69) is 14.8 Å². The first-order valence-electron chi connectivity index (χ1n) is 8.28. The minimum atomic E-state index is -0.260. The Morgan fingerprint density at radius 1 is 1.04 bits per heavy atom. The smallest absolute Gasteiger partial charge is 0.186 e. The molecule has 0 atom stereocenters. The van der Waals surface area contributed by atoms with E-state index < -0.39 is 0 Å². The highest BCUT2D eigenvalue weighted by molar-refractivity contribution is 7.22. The molecule has 0 aliphatic carbocycles. The van der Waals surface area contributed by atoms with Crippen molar-refractivity contribution >= 4 is 38.2 Å². The molecule has 0 spiro atoms. The van der Waals surface area contributed by atoms with Crippen LogP contribution in [-0.4, -0.2) is 36.9 Å². The SMILES string of the molecule is CC(=O)c1ccc(N2CCN(c3nc4c(F)cccc4s3)CC2)cc1. The number of carbonyl (C=O) groups is 1. The van der Waals surface area contributed by atoms with Crippen LogP contribution in [0.15, 0.2) is 42.5 Å². The number of fused-ring (bicyclic) bond motifs is 1. The Kier molecular flexibility index (Phi) is 4.13. The van der Waals surface area contributed by atoms with E-state index in [1.165, 1.54) is 17.4 Å². The standard InChI is InChI=1S/C19H18FN3OS/c1-13(24)14-5-7-15(8-6-14)22-9-11-23(12-10-22)19-21-18-16(20)3-2-4-17(18)25-19/h2-8H,9-12H2,1H3. The van der Waals surface area contributed by atoms with Crippen molar-refractivity contribution in [2.75, 3.05) is 36.0 Å². The van der Waals surface area contributed by atoms with E-state index in [9.17, 15) is 9.18 Å². The predicted molar refractivity (Wildman–Crippen MR) is 100 cm³/mol. The van der Waals surface area contributed by atoms with Crippen molar-refractivity contribution in [2.45, 2.75) is 6.92 Å². The van der Waals surface area contributed by atoms with Gasteiger partial charge in [0, 0.05) is 37.4 Å². The van der Waals surface area contributed by atoms with Gasteiger partial charge in [0.25, 0.3) is 0 Å². The fourth-order valence-corrected chi connectivity index (χ4v) is 4.13. The van der Waals surface area contributed by atoms with Crippen LogP contribution >= 0.6 is 11.3 Å². The molecule has 4 rings (SSSR count). The number of aromatic nitrogens is 1. The number of Topliss-reactive ketones (excluding diaryl/α,β-unsaturated/α-hetero) is 1. The molecule has 1 aliphatic rings. The van der Waals surface area contributed by atoms with Crippen LogP contribution < -0.4 is 9.80 Å². The van der Waals surface area contributed by atoms with Crippen molar-refractivity contribution in [3.8, 4) is 0 Å². The maximum atomic E-state index is 13.8. The van der Waals surface area contributed by atoms with Gasteiger partial charge in [-0.3, -0.25) is 4.79 Å². The highest BCUT2D eigenvalue weighted by Crippen LogP contribution is 2.31. The molecule has 128 valence electrons. The highest BCUT2D eigenvalue weighted by atomic mass is 32.1. The third-order valence-electron chi connectivity index (χ3n) is 4.55. The molecule has 2 heterocycles. The molecule has 3 aromatic rings. The Labute approximate surface area is 149 Å². The van der Waals surface area contributed by atoms with Gasteiger partial charge >= 0.3 is 0 Å².